The number of methoxy groups -OCH3 is 1. The third kappa shape index (κ3) is 5.84. The van der Waals surface area contributed by atoms with Crippen LogP contribution in [-0.4, -0.2) is 32.1 Å². The van der Waals surface area contributed by atoms with Gasteiger partial charge in [0.15, 0.2) is 5.96 Å². The number of benzene rings is 2. The Morgan fingerprint density at radius 2 is 1.76 bits per heavy atom. The molecule has 1 amide bonds. The van der Waals surface area contributed by atoms with E-state index in [0.29, 0.717) is 30.4 Å². The molecule has 0 radical (unpaired) electrons. The SMILES string of the molecule is COc1ccc(C(=O)NCCN=C(N)Nc2cc(C)cc(C)c2)cc1. The molecule has 25 heavy (non-hydrogen) atoms. The molecule has 0 heterocycles. The number of hydrogen-bond acceptors (Lipinski definition) is 3. The zero-order valence-electron chi connectivity index (χ0n) is 14.8. The molecule has 0 unspecified atom stereocenters. The van der Waals surface area contributed by atoms with Gasteiger partial charge in [0.05, 0.1) is 13.7 Å². The van der Waals surface area contributed by atoms with Gasteiger partial charge in [0, 0.05) is 17.8 Å². The number of aliphatic imine (C=N–C) groups is 1. The maximum absolute atomic E-state index is 12.0. The molecular formula is C19H24N4O2. The van der Waals surface area contributed by atoms with Crippen molar-refractivity contribution >= 4 is 17.6 Å². The minimum Gasteiger partial charge on any atom is -0.497 e. The van der Waals surface area contributed by atoms with Crippen LogP contribution >= 0.6 is 0 Å². The average Bonchev–Trinajstić information content (AvgIpc) is 2.57. The lowest BCUT2D eigenvalue weighted by Crippen LogP contribution is -2.28. The highest BCUT2D eigenvalue weighted by molar-refractivity contribution is 5.94. The lowest BCUT2D eigenvalue weighted by atomic mass is 10.1. The number of ether oxygens (including phenoxy) is 1. The number of hydrogen-bond donors (Lipinski definition) is 3. The molecule has 2 aromatic rings. The number of rotatable bonds is 6. The van der Waals surface area contributed by atoms with Gasteiger partial charge >= 0.3 is 0 Å². The van der Waals surface area contributed by atoms with Crippen LogP contribution in [0.5, 0.6) is 5.75 Å². The molecule has 0 saturated heterocycles. The number of carbonyl (C=O) groups is 1. The zero-order valence-corrected chi connectivity index (χ0v) is 14.8. The van der Waals surface area contributed by atoms with Gasteiger partial charge in [0.2, 0.25) is 0 Å². The Bertz CT molecular complexity index is 734. The molecule has 6 heteroatoms. The predicted molar refractivity (Wildman–Crippen MR) is 101 cm³/mol. The van der Waals surface area contributed by atoms with E-state index in [1.165, 1.54) is 0 Å². The van der Waals surface area contributed by atoms with E-state index < -0.39 is 0 Å². The lowest BCUT2D eigenvalue weighted by molar-refractivity contribution is 0.0955. The number of aryl methyl sites for hydroxylation is 2. The highest BCUT2D eigenvalue weighted by Crippen LogP contribution is 2.13. The van der Waals surface area contributed by atoms with Gasteiger partial charge in [-0.1, -0.05) is 6.07 Å². The Kier molecular flexibility index (Phi) is 6.39. The first-order valence-corrected chi connectivity index (χ1v) is 8.05. The van der Waals surface area contributed by atoms with Crippen LogP contribution in [0.15, 0.2) is 47.5 Å². The average molecular weight is 340 g/mol. The van der Waals surface area contributed by atoms with Crippen molar-refractivity contribution in [1.82, 2.24) is 5.32 Å². The van der Waals surface area contributed by atoms with Crippen LogP contribution in [0.3, 0.4) is 0 Å². The molecule has 0 fully saturated rings. The van der Waals surface area contributed by atoms with Gasteiger partial charge in [-0.2, -0.15) is 0 Å². The van der Waals surface area contributed by atoms with Gasteiger partial charge < -0.3 is 21.1 Å². The van der Waals surface area contributed by atoms with Gasteiger partial charge in [-0.3, -0.25) is 9.79 Å². The van der Waals surface area contributed by atoms with Crippen LogP contribution in [0.4, 0.5) is 5.69 Å². The highest BCUT2D eigenvalue weighted by atomic mass is 16.5. The predicted octanol–water partition coefficient (Wildman–Crippen LogP) is 2.47. The van der Waals surface area contributed by atoms with Crippen LogP contribution in [0.25, 0.3) is 0 Å². The summed E-state index contributed by atoms with van der Waals surface area (Å²) in [5.41, 5.74) is 9.67. The molecule has 0 saturated carbocycles. The van der Waals surface area contributed by atoms with Crippen molar-refractivity contribution in [2.75, 3.05) is 25.5 Å². The Morgan fingerprint density at radius 3 is 2.36 bits per heavy atom. The Balaban J connectivity index is 1.80. The second kappa shape index (κ2) is 8.73. The number of amides is 1. The zero-order chi connectivity index (χ0) is 18.2. The summed E-state index contributed by atoms with van der Waals surface area (Å²) in [5, 5.41) is 5.86. The molecular weight excluding hydrogens is 316 g/mol. The Morgan fingerprint density at radius 1 is 1.12 bits per heavy atom. The molecule has 0 aliphatic carbocycles. The molecule has 0 aromatic heterocycles. The standard InChI is InChI=1S/C19H24N4O2/c1-13-10-14(2)12-16(11-13)23-19(20)22-9-8-21-18(24)15-4-6-17(25-3)7-5-15/h4-7,10-12H,8-9H2,1-3H3,(H,21,24)(H3,20,22,23). The number of nitrogens with zero attached hydrogens (tertiary/aromatic N) is 1. The van der Waals surface area contributed by atoms with Crippen molar-refractivity contribution < 1.29 is 9.53 Å². The summed E-state index contributed by atoms with van der Waals surface area (Å²) in [5.74, 6) is 0.883. The summed E-state index contributed by atoms with van der Waals surface area (Å²) < 4.78 is 5.07. The smallest absolute Gasteiger partial charge is 0.251 e. The van der Waals surface area contributed by atoms with Gasteiger partial charge in [-0.15, -0.1) is 0 Å². The van der Waals surface area contributed by atoms with Crippen molar-refractivity contribution in [1.29, 1.82) is 0 Å². The number of nitrogens with one attached hydrogen (secondary N) is 2. The third-order valence-corrected chi connectivity index (χ3v) is 3.53. The van der Waals surface area contributed by atoms with Gasteiger partial charge in [-0.05, 0) is 61.4 Å². The lowest BCUT2D eigenvalue weighted by Gasteiger charge is -2.08. The molecule has 0 aliphatic heterocycles. The van der Waals surface area contributed by atoms with Crippen molar-refractivity contribution in [3.8, 4) is 5.75 Å². The maximum Gasteiger partial charge on any atom is 0.251 e. The first-order chi connectivity index (χ1) is 12.0. The maximum atomic E-state index is 12.0. The first-order valence-electron chi connectivity index (χ1n) is 8.05. The molecule has 4 N–H and O–H groups in total. The molecule has 132 valence electrons. The number of guanidine groups is 1. The summed E-state index contributed by atoms with van der Waals surface area (Å²) in [6.07, 6.45) is 0. The van der Waals surface area contributed by atoms with E-state index in [1.807, 2.05) is 26.0 Å². The van der Waals surface area contributed by atoms with Gasteiger partial charge in [-0.25, -0.2) is 0 Å². The van der Waals surface area contributed by atoms with Crippen LogP contribution in [0.1, 0.15) is 21.5 Å². The van der Waals surface area contributed by atoms with Crippen molar-refractivity contribution in [2.45, 2.75) is 13.8 Å². The van der Waals surface area contributed by atoms with E-state index in [-0.39, 0.29) is 5.91 Å². The second-order valence-electron chi connectivity index (χ2n) is 5.75. The third-order valence-electron chi connectivity index (χ3n) is 3.53. The summed E-state index contributed by atoms with van der Waals surface area (Å²) >= 11 is 0. The van der Waals surface area contributed by atoms with E-state index in [1.54, 1.807) is 31.4 Å². The number of anilines is 1. The van der Waals surface area contributed by atoms with E-state index in [4.69, 9.17) is 10.5 Å². The molecule has 0 aliphatic rings. The normalized spacial score (nSPS) is 11.1. The minimum atomic E-state index is -0.154. The van der Waals surface area contributed by atoms with Crippen molar-refractivity contribution in [2.24, 2.45) is 10.7 Å². The second-order valence-corrected chi connectivity index (χ2v) is 5.75. The molecule has 2 aromatic carbocycles. The van der Waals surface area contributed by atoms with E-state index in [0.717, 1.165) is 16.8 Å². The van der Waals surface area contributed by atoms with E-state index >= 15 is 0 Å². The first kappa shape index (κ1) is 18.3. The van der Waals surface area contributed by atoms with Crippen LogP contribution in [0.2, 0.25) is 0 Å². The van der Waals surface area contributed by atoms with Gasteiger partial charge in [0.25, 0.3) is 5.91 Å². The Hall–Kier alpha value is -3.02. The van der Waals surface area contributed by atoms with E-state index in [9.17, 15) is 4.79 Å². The Labute approximate surface area is 148 Å². The van der Waals surface area contributed by atoms with Gasteiger partial charge in [0.1, 0.15) is 5.75 Å². The fourth-order valence-corrected chi connectivity index (χ4v) is 2.42. The number of carbonyl (C=O) groups excluding carboxylic acids is 1. The topological polar surface area (TPSA) is 88.7 Å². The molecule has 2 rings (SSSR count). The fourth-order valence-electron chi connectivity index (χ4n) is 2.42. The summed E-state index contributed by atoms with van der Waals surface area (Å²) in [6, 6.07) is 13.0. The molecule has 0 spiro atoms. The fraction of sp³-hybridized carbons (Fsp3) is 0.263. The summed E-state index contributed by atoms with van der Waals surface area (Å²) in [7, 11) is 1.59. The van der Waals surface area contributed by atoms with Crippen LogP contribution < -0.4 is 21.1 Å². The quantitative estimate of drug-likeness (QED) is 0.428. The summed E-state index contributed by atoms with van der Waals surface area (Å²) in [4.78, 5) is 16.2. The van der Waals surface area contributed by atoms with Crippen LogP contribution in [-0.2, 0) is 0 Å². The summed E-state index contributed by atoms with van der Waals surface area (Å²) in [6.45, 7) is 4.85. The molecule has 6 nitrogen and oxygen atoms in total. The number of nitrogens with two attached hydrogens (primary N) is 1. The highest BCUT2D eigenvalue weighted by Gasteiger charge is 2.04. The molecule has 0 atom stereocenters. The van der Waals surface area contributed by atoms with E-state index in [2.05, 4.69) is 21.7 Å². The minimum absolute atomic E-state index is 0.154. The monoisotopic (exact) mass is 340 g/mol. The van der Waals surface area contributed by atoms with Crippen LogP contribution in [0, 0.1) is 13.8 Å². The molecule has 0 bridgehead atoms. The largest absolute Gasteiger partial charge is 0.497 e. The van der Waals surface area contributed by atoms with Crippen molar-refractivity contribution in [3.63, 3.8) is 0 Å². The van der Waals surface area contributed by atoms with Crippen molar-refractivity contribution in [3.05, 3.63) is 59.2 Å².